The first kappa shape index (κ1) is 19.5. The Kier molecular flexibility index (Phi) is 6.58. The lowest BCUT2D eigenvalue weighted by Crippen LogP contribution is -2.43. The van der Waals surface area contributed by atoms with Crippen molar-refractivity contribution in [3.63, 3.8) is 0 Å². The van der Waals surface area contributed by atoms with Crippen molar-refractivity contribution in [1.82, 2.24) is 9.88 Å². The van der Waals surface area contributed by atoms with Gasteiger partial charge in [0.1, 0.15) is 0 Å². The molecule has 1 atom stereocenters. The van der Waals surface area contributed by atoms with E-state index in [-0.39, 0.29) is 24.3 Å². The van der Waals surface area contributed by atoms with Crippen LogP contribution in [-0.4, -0.2) is 48.0 Å². The van der Waals surface area contributed by atoms with Gasteiger partial charge >= 0.3 is 5.97 Å². The molecule has 1 N–H and O–H groups in total. The summed E-state index contributed by atoms with van der Waals surface area (Å²) in [5, 5.41) is 5.41. The summed E-state index contributed by atoms with van der Waals surface area (Å²) < 4.78 is 5.11. The molecule has 144 valence electrons. The molecule has 0 radical (unpaired) electrons. The summed E-state index contributed by atoms with van der Waals surface area (Å²) in [6.07, 6.45) is 1.72. The number of aryl methyl sites for hydroxylation is 1. The van der Waals surface area contributed by atoms with Gasteiger partial charge in [-0.15, -0.1) is 11.3 Å². The average molecular weight is 388 g/mol. The first-order valence-corrected chi connectivity index (χ1v) is 10.1. The number of hydrogen-bond acceptors (Lipinski definition) is 6. The number of nitrogens with zero attached hydrogens (tertiary/aromatic N) is 2. The van der Waals surface area contributed by atoms with E-state index in [9.17, 15) is 9.59 Å². The van der Waals surface area contributed by atoms with Crippen LogP contribution in [-0.2, 0) is 14.3 Å². The molecular formula is C20H25N3O3S. The molecule has 7 heteroatoms. The second-order valence-corrected chi connectivity index (χ2v) is 7.64. The van der Waals surface area contributed by atoms with Crippen LogP contribution in [0, 0.1) is 12.8 Å². The Hall–Kier alpha value is -2.25. The number of nitrogens with one attached hydrogen (secondary N) is 1. The fourth-order valence-corrected chi connectivity index (χ4v) is 3.94. The predicted molar refractivity (Wildman–Crippen MR) is 107 cm³/mol. The monoisotopic (exact) mass is 387 g/mol. The minimum atomic E-state index is -0.162. The van der Waals surface area contributed by atoms with Gasteiger partial charge in [0.15, 0.2) is 5.13 Å². The third kappa shape index (κ3) is 5.37. The SMILES string of the molecule is CCOC(=O)[C@@H]1CCCN(CC(=O)Nc2nc(-c3ccc(C)cc3)cs2)C1. The molecule has 1 aromatic heterocycles. The third-order valence-corrected chi connectivity index (χ3v) is 5.35. The molecule has 27 heavy (non-hydrogen) atoms. The maximum atomic E-state index is 12.4. The molecule has 2 aromatic rings. The molecule has 1 aliphatic rings. The summed E-state index contributed by atoms with van der Waals surface area (Å²) in [7, 11) is 0. The minimum Gasteiger partial charge on any atom is -0.466 e. The zero-order chi connectivity index (χ0) is 19.2. The number of piperidine rings is 1. The van der Waals surface area contributed by atoms with Gasteiger partial charge in [0, 0.05) is 17.5 Å². The van der Waals surface area contributed by atoms with Crippen LogP contribution in [0.1, 0.15) is 25.3 Å². The van der Waals surface area contributed by atoms with Crippen molar-refractivity contribution in [2.75, 3.05) is 31.6 Å². The highest BCUT2D eigenvalue weighted by Gasteiger charge is 2.27. The summed E-state index contributed by atoms with van der Waals surface area (Å²) in [6, 6.07) is 8.14. The number of anilines is 1. The van der Waals surface area contributed by atoms with Crippen LogP contribution < -0.4 is 5.32 Å². The summed E-state index contributed by atoms with van der Waals surface area (Å²) in [5.41, 5.74) is 3.09. The molecule has 0 saturated carbocycles. The maximum absolute atomic E-state index is 12.4. The lowest BCUT2D eigenvalue weighted by Gasteiger charge is -2.30. The number of rotatable bonds is 6. The number of carbonyl (C=O) groups excluding carboxylic acids is 2. The van der Waals surface area contributed by atoms with Crippen LogP contribution in [0.5, 0.6) is 0 Å². The largest absolute Gasteiger partial charge is 0.466 e. The van der Waals surface area contributed by atoms with E-state index in [4.69, 9.17) is 4.74 Å². The Bertz CT molecular complexity index is 788. The Balaban J connectivity index is 1.53. The first-order valence-electron chi connectivity index (χ1n) is 9.26. The quantitative estimate of drug-likeness (QED) is 0.770. The van der Waals surface area contributed by atoms with Gasteiger partial charge < -0.3 is 10.1 Å². The van der Waals surface area contributed by atoms with Crippen molar-refractivity contribution in [2.24, 2.45) is 5.92 Å². The van der Waals surface area contributed by atoms with Crippen LogP contribution >= 0.6 is 11.3 Å². The van der Waals surface area contributed by atoms with Gasteiger partial charge in [0.25, 0.3) is 0 Å². The molecule has 6 nitrogen and oxygen atoms in total. The third-order valence-electron chi connectivity index (χ3n) is 4.59. The van der Waals surface area contributed by atoms with Crippen molar-refractivity contribution in [1.29, 1.82) is 0 Å². The minimum absolute atomic E-state index is 0.107. The second-order valence-electron chi connectivity index (χ2n) is 6.78. The predicted octanol–water partition coefficient (Wildman–Crippen LogP) is 3.33. The van der Waals surface area contributed by atoms with E-state index in [1.807, 2.05) is 48.4 Å². The number of benzene rings is 1. The molecule has 0 bridgehead atoms. The zero-order valence-corrected chi connectivity index (χ0v) is 16.6. The number of likely N-dealkylation sites (tertiary alicyclic amines) is 1. The van der Waals surface area contributed by atoms with Gasteiger partial charge in [0.05, 0.1) is 24.8 Å². The van der Waals surface area contributed by atoms with Crippen LogP contribution in [0.4, 0.5) is 5.13 Å². The van der Waals surface area contributed by atoms with Crippen molar-refractivity contribution in [2.45, 2.75) is 26.7 Å². The van der Waals surface area contributed by atoms with Crippen molar-refractivity contribution in [3.8, 4) is 11.3 Å². The standard InChI is InChI=1S/C20H25N3O3S/c1-3-26-19(25)16-5-4-10-23(11-16)12-18(24)22-20-21-17(13-27-20)15-8-6-14(2)7-9-15/h6-9,13,16H,3-5,10-12H2,1-2H3,(H,21,22,24)/t16-/m1/s1. The van der Waals surface area contributed by atoms with Crippen molar-refractivity contribution >= 4 is 28.3 Å². The topological polar surface area (TPSA) is 71.5 Å². The normalized spacial score (nSPS) is 17.5. The molecule has 3 rings (SSSR count). The highest BCUT2D eigenvalue weighted by molar-refractivity contribution is 7.14. The fourth-order valence-electron chi connectivity index (χ4n) is 3.20. The molecular weight excluding hydrogens is 362 g/mol. The van der Waals surface area contributed by atoms with Gasteiger partial charge in [0.2, 0.25) is 5.91 Å². The Morgan fingerprint density at radius 3 is 2.85 bits per heavy atom. The second kappa shape index (κ2) is 9.10. The lowest BCUT2D eigenvalue weighted by atomic mass is 9.98. The van der Waals surface area contributed by atoms with Crippen molar-refractivity contribution < 1.29 is 14.3 Å². The smallest absolute Gasteiger partial charge is 0.310 e. The lowest BCUT2D eigenvalue weighted by molar-refractivity contribution is -0.150. The summed E-state index contributed by atoms with van der Waals surface area (Å²) in [6.45, 7) is 5.89. The maximum Gasteiger partial charge on any atom is 0.310 e. The van der Waals surface area contributed by atoms with Crippen LogP contribution in [0.3, 0.4) is 0 Å². The Morgan fingerprint density at radius 2 is 2.11 bits per heavy atom. The van der Waals surface area contributed by atoms with Gasteiger partial charge in [-0.2, -0.15) is 0 Å². The molecule has 0 aliphatic carbocycles. The number of esters is 1. The van der Waals surface area contributed by atoms with E-state index in [0.29, 0.717) is 18.3 Å². The Labute approximate surface area is 163 Å². The van der Waals surface area contributed by atoms with E-state index in [1.54, 1.807) is 0 Å². The van der Waals surface area contributed by atoms with Crippen LogP contribution in [0.15, 0.2) is 29.6 Å². The number of amides is 1. The number of thiazole rings is 1. The number of hydrogen-bond donors (Lipinski definition) is 1. The van der Waals surface area contributed by atoms with E-state index >= 15 is 0 Å². The number of aromatic nitrogens is 1. The average Bonchev–Trinajstić information content (AvgIpc) is 3.11. The van der Waals surface area contributed by atoms with Gasteiger partial charge in [-0.05, 0) is 33.2 Å². The number of ether oxygens (including phenoxy) is 1. The Morgan fingerprint density at radius 1 is 1.33 bits per heavy atom. The van der Waals surface area contributed by atoms with Crippen LogP contribution in [0.25, 0.3) is 11.3 Å². The number of carbonyl (C=O) groups is 2. The fraction of sp³-hybridized carbons (Fsp3) is 0.450. The van der Waals surface area contributed by atoms with E-state index in [0.717, 1.165) is 30.6 Å². The summed E-state index contributed by atoms with van der Waals surface area (Å²) in [4.78, 5) is 30.8. The summed E-state index contributed by atoms with van der Waals surface area (Å²) in [5.74, 6) is -0.408. The van der Waals surface area contributed by atoms with Gasteiger partial charge in [-0.3, -0.25) is 14.5 Å². The molecule has 1 amide bonds. The molecule has 1 aromatic carbocycles. The molecule has 0 spiro atoms. The molecule has 1 fully saturated rings. The van der Waals surface area contributed by atoms with E-state index < -0.39 is 0 Å². The van der Waals surface area contributed by atoms with Gasteiger partial charge in [-0.25, -0.2) is 4.98 Å². The van der Waals surface area contributed by atoms with E-state index in [2.05, 4.69) is 10.3 Å². The van der Waals surface area contributed by atoms with Crippen LogP contribution in [0.2, 0.25) is 0 Å². The summed E-state index contributed by atoms with van der Waals surface area (Å²) >= 11 is 1.42. The molecule has 2 heterocycles. The zero-order valence-electron chi connectivity index (χ0n) is 15.7. The molecule has 1 aliphatic heterocycles. The first-order chi connectivity index (χ1) is 13.0. The van der Waals surface area contributed by atoms with Crippen molar-refractivity contribution in [3.05, 3.63) is 35.2 Å². The molecule has 0 unspecified atom stereocenters. The highest BCUT2D eigenvalue weighted by Crippen LogP contribution is 2.25. The van der Waals surface area contributed by atoms with Gasteiger partial charge in [-0.1, -0.05) is 29.8 Å². The highest BCUT2D eigenvalue weighted by atomic mass is 32.1. The molecule has 1 saturated heterocycles. The van der Waals surface area contributed by atoms with E-state index in [1.165, 1.54) is 16.9 Å².